The van der Waals surface area contributed by atoms with E-state index < -0.39 is 5.91 Å². The first-order chi connectivity index (χ1) is 17.9. The van der Waals surface area contributed by atoms with Crippen LogP contribution >= 0.6 is 0 Å². The summed E-state index contributed by atoms with van der Waals surface area (Å²) in [5.74, 6) is 0.555. The van der Waals surface area contributed by atoms with E-state index in [1.807, 2.05) is 35.2 Å². The molecule has 0 spiro atoms. The van der Waals surface area contributed by atoms with Crippen molar-refractivity contribution in [3.63, 3.8) is 0 Å². The molecule has 2 fully saturated rings. The lowest BCUT2D eigenvalue weighted by Crippen LogP contribution is -2.47. The van der Waals surface area contributed by atoms with Crippen molar-refractivity contribution >= 4 is 22.7 Å². The highest BCUT2D eigenvalue weighted by molar-refractivity contribution is 5.97. The second-order valence-electron chi connectivity index (χ2n) is 10.3. The molecule has 2 N–H and O–H groups in total. The molecule has 0 unspecified atom stereocenters. The Bertz CT molecular complexity index is 1270. The third-order valence-electron chi connectivity index (χ3n) is 7.97. The summed E-state index contributed by atoms with van der Waals surface area (Å²) in [7, 11) is 3.79. The number of methoxy groups -OCH3 is 1. The second kappa shape index (κ2) is 10.9. The summed E-state index contributed by atoms with van der Waals surface area (Å²) in [4.78, 5) is 31.4. The molecule has 2 aromatic carbocycles. The van der Waals surface area contributed by atoms with E-state index in [0.29, 0.717) is 11.6 Å². The maximum atomic E-state index is 13.1. The molecular formula is C29H37N5O3. The van der Waals surface area contributed by atoms with Crippen molar-refractivity contribution in [2.75, 3.05) is 60.0 Å². The zero-order valence-electron chi connectivity index (χ0n) is 21.9. The van der Waals surface area contributed by atoms with E-state index >= 15 is 0 Å². The van der Waals surface area contributed by atoms with Crippen molar-refractivity contribution in [1.29, 1.82) is 0 Å². The molecule has 8 heteroatoms. The number of likely N-dealkylation sites (N-methyl/N-ethyl adjacent to an activating group) is 1. The summed E-state index contributed by atoms with van der Waals surface area (Å²) in [6.45, 7) is 6.29. The average Bonchev–Trinajstić information content (AvgIpc) is 3.35. The number of hydrogen-bond acceptors (Lipinski definition) is 5. The number of primary amides is 1. The minimum Gasteiger partial charge on any atom is -0.496 e. The van der Waals surface area contributed by atoms with Crippen molar-refractivity contribution in [2.45, 2.75) is 25.3 Å². The summed E-state index contributed by atoms with van der Waals surface area (Å²) in [6, 6.07) is 14.0. The fourth-order valence-corrected chi connectivity index (χ4v) is 5.62. The lowest BCUT2D eigenvalue weighted by atomic mass is 10.0. The number of likely N-dealkylation sites (tertiary alicyclic amines) is 1. The van der Waals surface area contributed by atoms with Gasteiger partial charge in [-0.2, -0.15) is 0 Å². The van der Waals surface area contributed by atoms with E-state index in [1.54, 1.807) is 13.2 Å². The Morgan fingerprint density at radius 2 is 1.68 bits per heavy atom. The zero-order chi connectivity index (χ0) is 25.9. The molecule has 0 saturated carbocycles. The number of carbonyl (C=O) groups excluding carboxylic acids is 2. The van der Waals surface area contributed by atoms with E-state index in [0.717, 1.165) is 92.9 Å². The SMILES string of the molecule is COc1ccc(C(=O)N2CCN(C)CC2)cc1CCN1CCC(n2ccc3ccc(C(N)=O)cc32)CC1. The minimum atomic E-state index is -0.394. The molecule has 3 aromatic rings. The Morgan fingerprint density at radius 1 is 0.946 bits per heavy atom. The smallest absolute Gasteiger partial charge is 0.253 e. The van der Waals surface area contributed by atoms with E-state index in [1.165, 1.54) is 0 Å². The van der Waals surface area contributed by atoms with Gasteiger partial charge in [-0.3, -0.25) is 9.59 Å². The van der Waals surface area contributed by atoms with Crippen molar-refractivity contribution in [2.24, 2.45) is 5.73 Å². The van der Waals surface area contributed by atoms with Crippen molar-refractivity contribution in [1.82, 2.24) is 19.3 Å². The summed E-state index contributed by atoms with van der Waals surface area (Å²) in [6.07, 6.45) is 5.06. The standard InChI is InChI=1S/C29H37N5O3/c1-31-15-17-33(18-16-31)29(36)24-5-6-27(37-2)22(19-24)7-11-32-12-9-25(10-13-32)34-14-8-21-3-4-23(28(30)35)20-26(21)34/h3-6,8,14,19-20,25H,7,9-13,15-18H2,1-2H3,(H2,30,35). The van der Waals surface area contributed by atoms with Gasteiger partial charge < -0.3 is 29.7 Å². The number of ether oxygens (including phenoxy) is 1. The number of aromatic nitrogens is 1. The van der Waals surface area contributed by atoms with Gasteiger partial charge >= 0.3 is 0 Å². The molecule has 196 valence electrons. The van der Waals surface area contributed by atoms with E-state index in [4.69, 9.17) is 10.5 Å². The first-order valence-electron chi connectivity index (χ1n) is 13.2. The van der Waals surface area contributed by atoms with E-state index in [9.17, 15) is 9.59 Å². The van der Waals surface area contributed by atoms with Gasteiger partial charge in [0.1, 0.15) is 5.75 Å². The van der Waals surface area contributed by atoms with Crippen molar-refractivity contribution < 1.29 is 14.3 Å². The maximum Gasteiger partial charge on any atom is 0.253 e. The summed E-state index contributed by atoms with van der Waals surface area (Å²) in [5, 5.41) is 1.13. The molecule has 1 aromatic heterocycles. The highest BCUT2D eigenvalue weighted by Crippen LogP contribution is 2.29. The monoisotopic (exact) mass is 503 g/mol. The fraction of sp³-hybridized carbons (Fsp3) is 0.448. The van der Waals surface area contributed by atoms with Crippen LogP contribution in [0.1, 0.15) is 45.2 Å². The van der Waals surface area contributed by atoms with Gasteiger partial charge in [0.25, 0.3) is 5.91 Å². The van der Waals surface area contributed by atoms with Crippen molar-refractivity contribution in [3.8, 4) is 5.75 Å². The molecule has 5 rings (SSSR count). The van der Waals surface area contributed by atoms with Crippen LogP contribution in [0.2, 0.25) is 0 Å². The predicted molar refractivity (Wildman–Crippen MR) is 145 cm³/mol. The number of piperidine rings is 1. The Morgan fingerprint density at radius 3 is 2.38 bits per heavy atom. The Balaban J connectivity index is 1.20. The number of hydrogen-bond donors (Lipinski definition) is 1. The highest BCUT2D eigenvalue weighted by atomic mass is 16.5. The molecule has 0 radical (unpaired) electrons. The van der Waals surface area contributed by atoms with E-state index in [-0.39, 0.29) is 5.91 Å². The van der Waals surface area contributed by atoms with Crippen LogP contribution in [0.4, 0.5) is 0 Å². The van der Waals surface area contributed by atoms with Crippen LogP contribution in [0.15, 0.2) is 48.7 Å². The van der Waals surface area contributed by atoms with Gasteiger partial charge in [0, 0.05) is 74.7 Å². The first kappa shape index (κ1) is 25.3. The van der Waals surface area contributed by atoms with Gasteiger partial charge in [-0.15, -0.1) is 0 Å². The summed E-state index contributed by atoms with van der Waals surface area (Å²) in [5.41, 5.74) is 8.95. The molecule has 2 amide bonds. The molecule has 0 aliphatic carbocycles. The first-order valence-corrected chi connectivity index (χ1v) is 13.2. The van der Waals surface area contributed by atoms with Crippen LogP contribution < -0.4 is 10.5 Å². The molecule has 2 aliphatic rings. The number of rotatable bonds is 7. The normalized spacial score (nSPS) is 17.8. The number of nitrogens with zero attached hydrogens (tertiary/aromatic N) is 4. The topological polar surface area (TPSA) is 84.0 Å². The molecule has 8 nitrogen and oxygen atoms in total. The Kier molecular flexibility index (Phi) is 7.48. The third-order valence-corrected chi connectivity index (χ3v) is 7.97. The van der Waals surface area contributed by atoms with Crippen molar-refractivity contribution in [3.05, 3.63) is 65.4 Å². The van der Waals surface area contributed by atoms with Gasteiger partial charge in [0.2, 0.25) is 5.91 Å². The summed E-state index contributed by atoms with van der Waals surface area (Å²) < 4.78 is 7.93. The molecule has 2 saturated heterocycles. The van der Waals surface area contributed by atoms with Crippen LogP contribution in [0.5, 0.6) is 5.75 Å². The second-order valence-corrected chi connectivity index (χ2v) is 10.3. The molecule has 3 heterocycles. The number of fused-ring (bicyclic) bond motifs is 1. The largest absolute Gasteiger partial charge is 0.496 e. The number of amides is 2. The van der Waals surface area contributed by atoms with Crippen LogP contribution in [0.3, 0.4) is 0 Å². The maximum absolute atomic E-state index is 13.1. The number of piperazine rings is 1. The van der Waals surface area contributed by atoms with Gasteiger partial charge in [0.05, 0.1) is 7.11 Å². The van der Waals surface area contributed by atoms with Crippen LogP contribution in [-0.4, -0.2) is 91.1 Å². The Labute approximate surface area is 218 Å². The molecule has 0 bridgehead atoms. The van der Waals surface area contributed by atoms with Gasteiger partial charge in [-0.25, -0.2) is 0 Å². The van der Waals surface area contributed by atoms with E-state index in [2.05, 4.69) is 33.7 Å². The fourth-order valence-electron chi connectivity index (χ4n) is 5.62. The van der Waals surface area contributed by atoms with Crippen LogP contribution in [0.25, 0.3) is 10.9 Å². The summed E-state index contributed by atoms with van der Waals surface area (Å²) >= 11 is 0. The van der Waals surface area contributed by atoms with Gasteiger partial charge in [-0.1, -0.05) is 6.07 Å². The quantitative estimate of drug-likeness (QED) is 0.536. The van der Waals surface area contributed by atoms with Crippen LogP contribution in [-0.2, 0) is 6.42 Å². The molecule has 2 aliphatic heterocycles. The number of benzene rings is 2. The van der Waals surface area contributed by atoms with Gasteiger partial charge in [0.15, 0.2) is 0 Å². The zero-order valence-corrected chi connectivity index (χ0v) is 21.9. The molecule has 37 heavy (non-hydrogen) atoms. The lowest BCUT2D eigenvalue weighted by Gasteiger charge is -2.33. The lowest BCUT2D eigenvalue weighted by molar-refractivity contribution is 0.0663. The minimum absolute atomic E-state index is 0.108. The number of carbonyl (C=O) groups is 2. The molecule has 0 atom stereocenters. The third kappa shape index (κ3) is 5.50. The highest BCUT2D eigenvalue weighted by Gasteiger charge is 2.24. The predicted octanol–water partition coefficient (Wildman–Crippen LogP) is 3.02. The average molecular weight is 504 g/mol. The Hall–Kier alpha value is -3.36. The number of nitrogens with two attached hydrogens (primary N) is 1. The molecular weight excluding hydrogens is 466 g/mol. The van der Waals surface area contributed by atoms with Crippen LogP contribution in [0, 0.1) is 0 Å². The van der Waals surface area contributed by atoms with Gasteiger partial charge in [-0.05, 0) is 73.7 Å².